The van der Waals surface area contributed by atoms with E-state index in [-0.39, 0.29) is 29.6 Å². The first-order valence-electron chi connectivity index (χ1n) is 9.02. The lowest BCUT2D eigenvalue weighted by molar-refractivity contribution is -0.153. The Balaban J connectivity index is 1.78. The molecule has 1 aromatic carbocycles. The van der Waals surface area contributed by atoms with Gasteiger partial charge in [0.15, 0.2) is 6.61 Å². The quantitative estimate of drug-likeness (QED) is 0.722. The number of benzene rings is 1. The van der Waals surface area contributed by atoms with Crippen molar-refractivity contribution in [1.82, 2.24) is 5.32 Å². The highest BCUT2D eigenvalue weighted by Crippen LogP contribution is 2.45. The van der Waals surface area contributed by atoms with E-state index in [4.69, 9.17) is 10.5 Å². The standard InChI is InChI=1S/C19H23F3N2O3/c1-18(9-16(23)25,13-5-6-13)24-17(26)12-4-7-14(11-2-3-11)15(8-12)27-10-19(20,21)22/h4,7-8,11,13H,2-3,5-6,9-10H2,1H3,(H2,23,25)(H,24,26)/t18-/m1/s1. The van der Waals surface area contributed by atoms with Crippen LogP contribution in [0.4, 0.5) is 13.2 Å². The van der Waals surface area contributed by atoms with Crippen LogP contribution >= 0.6 is 0 Å². The van der Waals surface area contributed by atoms with E-state index in [1.165, 1.54) is 6.07 Å². The van der Waals surface area contributed by atoms with Gasteiger partial charge in [0.1, 0.15) is 5.75 Å². The van der Waals surface area contributed by atoms with Crippen molar-refractivity contribution in [1.29, 1.82) is 0 Å². The molecule has 8 heteroatoms. The van der Waals surface area contributed by atoms with Crippen LogP contribution in [0, 0.1) is 5.92 Å². The Labute approximate surface area is 155 Å². The molecule has 2 aliphatic rings. The second-order valence-corrected chi connectivity index (χ2v) is 7.72. The Morgan fingerprint density at radius 1 is 1.22 bits per heavy atom. The first-order chi connectivity index (χ1) is 12.6. The molecule has 27 heavy (non-hydrogen) atoms. The Bertz CT molecular complexity index is 742. The number of alkyl halides is 3. The van der Waals surface area contributed by atoms with Crippen LogP contribution in [-0.2, 0) is 4.79 Å². The summed E-state index contributed by atoms with van der Waals surface area (Å²) in [6.07, 6.45) is -0.861. The summed E-state index contributed by atoms with van der Waals surface area (Å²) in [4.78, 5) is 24.1. The van der Waals surface area contributed by atoms with E-state index in [0.717, 1.165) is 25.7 Å². The molecule has 2 saturated carbocycles. The van der Waals surface area contributed by atoms with Crippen molar-refractivity contribution in [2.45, 2.75) is 56.7 Å². The van der Waals surface area contributed by atoms with Crippen LogP contribution in [0.5, 0.6) is 5.75 Å². The first-order valence-corrected chi connectivity index (χ1v) is 9.02. The Kier molecular flexibility index (Phi) is 5.10. The lowest BCUT2D eigenvalue weighted by atomic mass is 9.90. The highest BCUT2D eigenvalue weighted by molar-refractivity contribution is 5.95. The molecule has 0 aliphatic heterocycles. The minimum atomic E-state index is -4.45. The number of halogens is 3. The third-order valence-corrected chi connectivity index (χ3v) is 5.10. The Morgan fingerprint density at radius 3 is 2.41 bits per heavy atom. The molecule has 3 N–H and O–H groups in total. The predicted octanol–water partition coefficient (Wildman–Crippen LogP) is 3.28. The average Bonchev–Trinajstić information content (AvgIpc) is 3.44. The summed E-state index contributed by atoms with van der Waals surface area (Å²) >= 11 is 0. The van der Waals surface area contributed by atoms with Gasteiger partial charge in [-0.25, -0.2) is 0 Å². The minimum absolute atomic E-state index is 0.0149. The van der Waals surface area contributed by atoms with Crippen molar-refractivity contribution in [3.63, 3.8) is 0 Å². The second kappa shape index (κ2) is 7.05. The third kappa shape index (κ3) is 5.14. The maximum Gasteiger partial charge on any atom is 0.422 e. The first kappa shape index (κ1) is 19.5. The lowest BCUT2D eigenvalue weighted by Crippen LogP contribution is -2.50. The number of carbonyl (C=O) groups excluding carboxylic acids is 2. The smallest absolute Gasteiger partial charge is 0.422 e. The molecule has 1 atom stereocenters. The molecule has 0 heterocycles. The van der Waals surface area contributed by atoms with Gasteiger partial charge in [0, 0.05) is 17.5 Å². The zero-order chi connectivity index (χ0) is 19.8. The molecule has 0 radical (unpaired) electrons. The van der Waals surface area contributed by atoms with Crippen LogP contribution in [0.2, 0.25) is 0 Å². The van der Waals surface area contributed by atoms with Crippen LogP contribution < -0.4 is 15.8 Å². The number of amides is 2. The summed E-state index contributed by atoms with van der Waals surface area (Å²) in [7, 11) is 0. The van der Waals surface area contributed by atoms with Crippen LogP contribution in [0.1, 0.15) is 60.9 Å². The number of nitrogens with two attached hydrogens (primary N) is 1. The largest absolute Gasteiger partial charge is 0.484 e. The van der Waals surface area contributed by atoms with Gasteiger partial charge in [0.2, 0.25) is 5.91 Å². The number of primary amides is 1. The third-order valence-electron chi connectivity index (χ3n) is 5.10. The maximum absolute atomic E-state index is 12.7. The van der Waals surface area contributed by atoms with Crippen LogP contribution in [0.25, 0.3) is 0 Å². The number of rotatable bonds is 8. The van der Waals surface area contributed by atoms with Crippen molar-refractivity contribution >= 4 is 11.8 Å². The van der Waals surface area contributed by atoms with Gasteiger partial charge >= 0.3 is 6.18 Å². The Morgan fingerprint density at radius 2 is 1.89 bits per heavy atom. The van der Waals surface area contributed by atoms with Crippen molar-refractivity contribution in [3.8, 4) is 5.75 Å². The Hall–Kier alpha value is -2.25. The zero-order valence-electron chi connectivity index (χ0n) is 15.1. The molecule has 2 fully saturated rings. The van der Waals surface area contributed by atoms with Crippen molar-refractivity contribution in [2.75, 3.05) is 6.61 Å². The molecule has 3 rings (SSSR count). The van der Waals surface area contributed by atoms with E-state index in [9.17, 15) is 22.8 Å². The van der Waals surface area contributed by atoms with Gasteiger partial charge in [0.05, 0.1) is 0 Å². The summed E-state index contributed by atoms with van der Waals surface area (Å²) < 4.78 is 42.6. The van der Waals surface area contributed by atoms with E-state index in [0.29, 0.717) is 5.56 Å². The van der Waals surface area contributed by atoms with Gasteiger partial charge in [0.25, 0.3) is 5.91 Å². The minimum Gasteiger partial charge on any atom is -0.484 e. The summed E-state index contributed by atoms with van der Waals surface area (Å²) in [5.41, 5.74) is 5.44. The lowest BCUT2D eigenvalue weighted by Gasteiger charge is -2.30. The summed E-state index contributed by atoms with van der Waals surface area (Å²) in [6.45, 7) is 0.367. The normalized spacial score (nSPS) is 19.3. The average molecular weight is 384 g/mol. The van der Waals surface area contributed by atoms with Crippen LogP contribution in [0.3, 0.4) is 0 Å². The predicted molar refractivity (Wildman–Crippen MR) is 92.4 cm³/mol. The molecule has 0 aromatic heterocycles. The van der Waals surface area contributed by atoms with E-state index in [1.54, 1.807) is 19.1 Å². The molecule has 148 valence electrons. The molecule has 2 aliphatic carbocycles. The van der Waals surface area contributed by atoms with Gasteiger partial charge in [-0.15, -0.1) is 0 Å². The topological polar surface area (TPSA) is 81.4 Å². The van der Waals surface area contributed by atoms with Crippen LogP contribution in [0.15, 0.2) is 18.2 Å². The second-order valence-electron chi connectivity index (χ2n) is 7.72. The summed E-state index contributed by atoms with van der Waals surface area (Å²) in [5.74, 6) is -0.532. The van der Waals surface area contributed by atoms with Gasteiger partial charge < -0.3 is 15.8 Å². The monoisotopic (exact) mass is 384 g/mol. The molecular formula is C19H23F3N2O3. The SMILES string of the molecule is C[C@](CC(N)=O)(NC(=O)c1ccc(C2CC2)c(OCC(F)(F)F)c1)C1CC1. The molecule has 1 aromatic rings. The van der Waals surface area contributed by atoms with E-state index >= 15 is 0 Å². The van der Waals surface area contributed by atoms with Crippen molar-refractivity contribution in [2.24, 2.45) is 11.7 Å². The van der Waals surface area contributed by atoms with Gasteiger partial charge in [-0.2, -0.15) is 13.2 Å². The highest BCUT2D eigenvalue weighted by Gasteiger charge is 2.43. The zero-order valence-corrected chi connectivity index (χ0v) is 15.1. The number of ether oxygens (including phenoxy) is 1. The summed E-state index contributed by atoms with van der Waals surface area (Å²) in [5, 5.41) is 2.85. The van der Waals surface area contributed by atoms with Gasteiger partial charge in [-0.3, -0.25) is 9.59 Å². The molecular weight excluding hydrogens is 361 g/mol. The van der Waals surface area contributed by atoms with Gasteiger partial charge in [-0.1, -0.05) is 6.07 Å². The van der Waals surface area contributed by atoms with E-state index < -0.39 is 30.1 Å². The fourth-order valence-electron chi connectivity index (χ4n) is 3.40. The molecule has 5 nitrogen and oxygen atoms in total. The molecule has 0 bridgehead atoms. The number of hydrogen-bond donors (Lipinski definition) is 2. The van der Waals surface area contributed by atoms with Crippen molar-refractivity contribution in [3.05, 3.63) is 29.3 Å². The highest BCUT2D eigenvalue weighted by atomic mass is 19.4. The number of hydrogen-bond acceptors (Lipinski definition) is 3. The maximum atomic E-state index is 12.7. The van der Waals surface area contributed by atoms with Gasteiger partial charge in [-0.05, 0) is 62.1 Å². The van der Waals surface area contributed by atoms with Crippen molar-refractivity contribution < 1.29 is 27.5 Å². The van der Waals surface area contributed by atoms with E-state index in [2.05, 4.69) is 5.32 Å². The molecule has 0 unspecified atom stereocenters. The molecule has 0 saturated heterocycles. The molecule has 0 spiro atoms. The fourth-order valence-corrected chi connectivity index (χ4v) is 3.40. The van der Waals surface area contributed by atoms with Crippen LogP contribution in [-0.4, -0.2) is 30.1 Å². The molecule has 2 amide bonds. The number of carbonyl (C=O) groups is 2. The number of nitrogens with one attached hydrogen (secondary N) is 1. The fraction of sp³-hybridized carbons (Fsp3) is 0.579. The summed E-state index contributed by atoms with van der Waals surface area (Å²) in [6, 6.07) is 4.59. The van der Waals surface area contributed by atoms with E-state index in [1.807, 2.05) is 0 Å².